The van der Waals surface area contributed by atoms with Crippen LogP contribution in [0.1, 0.15) is 6.92 Å². The molecule has 2 saturated heterocycles. The molecule has 2 N–H and O–H groups in total. The number of carbonyl (C=O) groups excluding carboxylic acids is 1. The van der Waals surface area contributed by atoms with Gasteiger partial charge in [-0.3, -0.25) is 4.79 Å². The van der Waals surface area contributed by atoms with Gasteiger partial charge in [-0.05, 0) is 0 Å². The van der Waals surface area contributed by atoms with Crippen molar-refractivity contribution in [1.29, 1.82) is 0 Å². The molecule has 0 aromatic rings. The molecule has 2 fully saturated rings. The first-order chi connectivity index (χ1) is 6.59. The van der Waals surface area contributed by atoms with Gasteiger partial charge in [-0.2, -0.15) is 0 Å². The fourth-order valence-corrected chi connectivity index (χ4v) is 1.68. The Morgan fingerprint density at radius 2 is 2.14 bits per heavy atom. The summed E-state index contributed by atoms with van der Waals surface area (Å²) in [4.78, 5) is 10.7. The van der Waals surface area contributed by atoms with Crippen LogP contribution in [0.5, 0.6) is 0 Å². The minimum Gasteiger partial charge on any atom is -0.454 e. The van der Waals surface area contributed by atoms with Crippen molar-refractivity contribution in [2.75, 3.05) is 6.61 Å². The summed E-state index contributed by atoms with van der Waals surface area (Å²) >= 11 is 0. The zero-order valence-corrected chi connectivity index (χ0v) is 7.62. The molecule has 0 radical (unpaired) electrons. The summed E-state index contributed by atoms with van der Waals surface area (Å²) in [5.41, 5.74) is 0. The molecule has 0 aliphatic carbocycles. The van der Waals surface area contributed by atoms with E-state index in [1.54, 1.807) is 0 Å². The van der Waals surface area contributed by atoms with Gasteiger partial charge in [0.25, 0.3) is 0 Å². The first kappa shape index (κ1) is 9.85. The van der Waals surface area contributed by atoms with E-state index in [4.69, 9.17) is 14.2 Å². The van der Waals surface area contributed by atoms with Crippen LogP contribution >= 0.6 is 0 Å². The molecule has 0 aromatic heterocycles. The predicted molar refractivity (Wildman–Crippen MR) is 42.2 cm³/mol. The lowest BCUT2D eigenvalue weighted by molar-refractivity contribution is -0.239. The molecule has 0 spiro atoms. The topological polar surface area (TPSA) is 85.2 Å². The highest BCUT2D eigenvalue weighted by molar-refractivity contribution is 5.66. The van der Waals surface area contributed by atoms with Gasteiger partial charge in [0.1, 0.15) is 18.3 Å². The van der Waals surface area contributed by atoms with Crippen molar-refractivity contribution in [3.63, 3.8) is 0 Å². The highest BCUT2D eigenvalue weighted by Gasteiger charge is 2.51. The number of ether oxygens (including phenoxy) is 3. The normalized spacial score (nSPS) is 46.4. The number of esters is 1. The zero-order valence-electron chi connectivity index (χ0n) is 7.62. The molecule has 0 amide bonds. The third-order valence-electron chi connectivity index (χ3n) is 2.37. The van der Waals surface area contributed by atoms with E-state index in [1.165, 1.54) is 6.92 Å². The van der Waals surface area contributed by atoms with Crippen molar-refractivity contribution < 1.29 is 29.2 Å². The van der Waals surface area contributed by atoms with Crippen molar-refractivity contribution in [1.82, 2.24) is 0 Å². The second-order valence-electron chi connectivity index (χ2n) is 3.43. The number of carbonyl (C=O) groups is 1. The van der Waals surface area contributed by atoms with Crippen LogP contribution in [-0.2, 0) is 19.0 Å². The molecule has 6 nitrogen and oxygen atoms in total. The second-order valence-corrected chi connectivity index (χ2v) is 3.43. The maximum absolute atomic E-state index is 10.7. The van der Waals surface area contributed by atoms with Gasteiger partial charge in [0, 0.05) is 6.92 Å². The highest BCUT2D eigenvalue weighted by Crippen LogP contribution is 2.29. The molecule has 2 aliphatic rings. The lowest BCUT2D eigenvalue weighted by Gasteiger charge is -2.34. The van der Waals surface area contributed by atoms with Crippen molar-refractivity contribution in [3.8, 4) is 0 Å². The fourth-order valence-electron chi connectivity index (χ4n) is 1.68. The summed E-state index contributed by atoms with van der Waals surface area (Å²) in [5, 5.41) is 19.1. The molecule has 2 rings (SSSR count). The monoisotopic (exact) mass is 204 g/mol. The van der Waals surface area contributed by atoms with E-state index < -0.39 is 36.7 Å². The van der Waals surface area contributed by atoms with E-state index in [1.807, 2.05) is 0 Å². The van der Waals surface area contributed by atoms with Gasteiger partial charge in [-0.25, -0.2) is 0 Å². The van der Waals surface area contributed by atoms with Gasteiger partial charge in [-0.1, -0.05) is 0 Å². The first-order valence-corrected chi connectivity index (χ1v) is 4.40. The van der Waals surface area contributed by atoms with Crippen molar-refractivity contribution >= 4 is 5.97 Å². The third-order valence-corrected chi connectivity index (χ3v) is 2.37. The highest BCUT2D eigenvalue weighted by atomic mass is 16.8. The molecule has 0 saturated carbocycles. The smallest absolute Gasteiger partial charge is 0.303 e. The predicted octanol–water partition coefficient (Wildman–Crippen LogP) is -1.60. The van der Waals surface area contributed by atoms with Gasteiger partial charge in [0.05, 0.1) is 6.61 Å². The van der Waals surface area contributed by atoms with Crippen molar-refractivity contribution in [2.45, 2.75) is 37.6 Å². The molecular formula is C8H12O6. The quantitative estimate of drug-likeness (QED) is 0.500. The minimum atomic E-state index is -1.15. The Hall–Kier alpha value is -0.690. The van der Waals surface area contributed by atoms with E-state index in [-0.39, 0.29) is 6.61 Å². The fraction of sp³-hybridized carbons (Fsp3) is 0.875. The summed E-state index contributed by atoms with van der Waals surface area (Å²) in [7, 11) is 0. The Balaban J connectivity index is 2.10. The van der Waals surface area contributed by atoms with Crippen LogP contribution in [0.4, 0.5) is 0 Å². The van der Waals surface area contributed by atoms with Crippen LogP contribution in [0.3, 0.4) is 0 Å². The van der Waals surface area contributed by atoms with Crippen LogP contribution < -0.4 is 0 Å². The van der Waals surface area contributed by atoms with Crippen molar-refractivity contribution in [3.05, 3.63) is 0 Å². The number of hydrogen-bond acceptors (Lipinski definition) is 6. The molecule has 5 atom stereocenters. The molecule has 2 bridgehead atoms. The Kier molecular flexibility index (Phi) is 2.44. The molecule has 14 heavy (non-hydrogen) atoms. The van der Waals surface area contributed by atoms with Crippen LogP contribution in [0.2, 0.25) is 0 Å². The molecule has 2 heterocycles. The van der Waals surface area contributed by atoms with Gasteiger partial charge >= 0.3 is 5.97 Å². The zero-order chi connectivity index (χ0) is 10.3. The van der Waals surface area contributed by atoms with Gasteiger partial charge in [-0.15, -0.1) is 0 Å². The first-order valence-electron chi connectivity index (χ1n) is 4.40. The largest absolute Gasteiger partial charge is 0.454 e. The summed E-state index contributed by atoms with van der Waals surface area (Å²) < 4.78 is 15.1. The summed E-state index contributed by atoms with van der Waals surface area (Å²) in [6, 6.07) is 0. The van der Waals surface area contributed by atoms with Gasteiger partial charge < -0.3 is 24.4 Å². The minimum absolute atomic E-state index is 0.209. The molecule has 2 aliphatic heterocycles. The van der Waals surface area contributed by atoms with Crippen LogP contribution in [0.25, 0.3) is 0 Å². The molecule has 6 heteroatoms. The standard InChI is InChI=1S/C8H12O6/c1-3(9)13-7-6(11)5(10)4-2-12-8(7)14-4/h4-8,10-11H,2H2,1H3/t4-,5-,6-,7+,8-/m1/s1. The third kappa shape index (κ3) is 1.50. The Bertz CT molecular complexity index is 242. The maximum atomic E-state index is 10.7. The average molecular weight is 204 g/mol. The summed E-state index contributed by atoms with van der Waals surface area (Å²) in [6.45, 7) is 1.43. The van der Waals surface area contributed by atoms with E-state index >= 15 is 0 Å². The molecule has 0 aromatic carbocycles. The second kappa shape index (κ2) is 3.47. The number of aliphatic hydroxyl groups excluding tert-OH is 2. The molecular weight excluding hydrogens is 192 g/mol. The van der Waals surface area contributed by atoms with Gasteiger partial charge in [0.2, 0.25) is 0 Å². The lowest BCUT2D eigenvalue weighted by atomic mass is 10.0. The number of rotatable bonds is 1. The van der Waals surface area contributed by atoms with Gasteiger partial charge in [0.15, 0.2) is 12.4 Å². The van der Waals surface area contributed by atoms with Crippen molar-refractivity contribution in [2.24, 2.45) is 0 Å². The summed E-state index contributed by atoms with van der Waals surface area (Å²) in [6.07, 6.45) is -4.45. The van der Waals surface area contributed by atoms with Crippen LogP contribution in [-0.4, -0.2) is 53.5 Å². The average Bonchev–Trinajstić information content (AvgIpc) is 2.55. The van der Waals surface area contributed by atoms with E-state index in [0.717, 1.165) is 0 Å². The number of aliphatic hydroxyl groups is 2. The Morgan fingerprint density at radius 1 is 1.43 bits per heavy atom. The number of hydrogen-bond donors (Lipinski definition) is 2. The Labute approximate surface area is 80.4 Å². The Morgan fingerprint density at radius 3 is 2.79 bits per heavy atom. The van der Waals surface area contributed by atoms with E-state index in [0.29, 0.717) is 0 Å². The summed E-state index contributed by atoms with van der Waals surface area (Å²) in [5.74, 6) is -0.543. The number of fused-ring (bicyclic) bond motifs is 2. The lowest BCUT2D eigenvalue weighted by Crippen LogP contribution is -2.55. The van der Waals surface area contributed by atoms with E-state index in [2.05, 4.69) is 0 Å². The maximum Gasteiger partial charge on any atom is 0.303 e. The molecule has 0 unspecified atom stereocenters. The van der Waals surface area contributed by atoms with Crippen LogP contribution in [0, 0.1) is 0 Å². The van der Waals surface area contributed by atoms with Crippen LogP contribution in [0.15, 0.2) is 0 Å². The van der Waals surface area contributed by atoms with E-state index in [9.17, 15) is 15.0 Å². The SMILES string of the molecule is CC(=O)O[C@@H]1[C@@H]2OC[C@@H](O2)[C@@H](O)[C@H]1O. The molecule has 80 valence electrons.